The van der Waals surface area contributed by atoms with Gasteiger partial charge >= 0.3 is 0 Å². The van der Waals surface area contributed by atoms with Crippen LogP contribution >= 0.6 is 11.8 Å². The van der Waals surface area contributed by atoms with Crippen LogP contribution in [0, 0.1) is 5.82 Å². The van der Waals surface area contributed by atoms with E-state index in [4.69, 9.17) is 0 Å². The van der Waals surface area contributed by atoms with Crippen LogP contribution in [0.25, 0.3) is 0 Å². The molecule has 2 aromatic rings. The van der Waals surface area contributed by atoms with Crippen molar-refractivity contribution in [2.75, 3.05) is 5.75 Å². The maximum atomic E-state index is 13.4. The lowest BCUT2D eigenvalue weighted by atomic mass is 10.1. The second-order valence-electron chi connectivity index (χ2n) is 4.76. The molecular formula is C16H13FN2O2S. The standard InChI is InChI=1S/C16H13FN2O2S/c17-10-5-6-15-12(9-10)13(7-8-22-15)18-19-16(21)11-3-1-2-4-14(11)20/h1-6,9,20H,7-8H2,(H,19,21). The highest BCUT2D eigenvalue weighted by atomic mass is 32.2. The lowest BCUT2D eigenvalue weighted by Gasteiger charge is -2.17. The molecule has 0 aliphatic carbocycles. The molecule has 112 valence electrons. The van der Waals surface area contributed by atoms with Gasteiger partial charge in [-0.3, -0.25) is 4.79 Å². The molecule has 0 bridgehead atoms. The van der Waals surface area contributed by atoms with Gasteiger partial charge in [0, 0.05) is 22.6 Å². The minimum absolute atomic E-state index is 0.106. The number of halogens is 1. The van der Waals surface area contributed by atoms with Crippen molar-refractivity contribution in [3.63, 3.8) is 0 Å². The lowest BCUT2D eigenvalue weighted by Crippen LogP contribution is -2.22. The van der Waals surface area contributed by atoms with Crippen LogP contribution in [0.1, 0.15) is 22.3 Å². The first kappa shape index (κ1) is 14.6. The van der Waals surface area contributed by atoms with Crippen LogP contribution in [-0.4, -0.2) is 22.5 Å². The van der Waals surface area contributed by atoms with E-state index < -0.39 is 5.91 Å². The third-order valence-corrected chi connectivity index (χ3v) is 4.37. The van der Waals surface area contributed by atoms with Crippen molar-refractivity contribution in [2.24, 2.45) is 5.10 Å². The van der Waals surface area contributed by atoms with Gasteiger partial charge in [-0.1, -0.05) is 12.1 Å². The molecule has 0 spiro atoms. The number of aromatic hydroxyl groups is 1. The van der Waals surface area contributed by atoms with Gasteiger partial charge in [-0.15, -0.1) is 11.8 Å². The zero-order valence-corrected chi connectivity index (χ0v) is 12.4. The van der Waals surface area contributed by atoms with Crippen LogP contribution in [0.5, 0.6) is 5.75 Å². The molecule has 2 N–H and O–H groups in total. The number of hydrogen-bond donors (Lipinski definition) is 2. The number of fused-ring (bicyclic) bond motifs is 1. The first-order chi connectivity index (χ1) is 10.6. The number of hydrazone groups is 1. The number of hydrogen-bond acceptors (Lipinski definition) is 4. The minimum atomic E-state index is -0.498. The van der Waals surface area contributed by atoms with Crippen molar-refractivity contribution >= 4 is 23.4 Å². The Morgan fingerprint density at radius 1 is 1.27 bits per heavy atom. The largest absolute Gasteiger partial charge is 0.507 e. The first-order valence-electron chi connectivity index (χ1n) is 6.73. The summed E-state index contributed by atoms with van der Waals surface area (Å²) in [5.74, 6) is -0.113. The first-order valence-corrected chi connectivity index (χ1v) is 7.71. The summed E-state index contributed by atoms with van der Waals surface area (Å²) in [4.78, 5) is 13.0. The average molecular weight is 316 g/mol. The quantitative estimate of drug-likeness (QED) is 0.837. The molecule has 0 saturated heterocycles. The highest BCUT2D eigenvalue weighted by Gasteiger charge is 2.18. The van der Waals surface area contributed by atoms with Crippen LogP contribution in [0.15, 0.2) is 52.5 Å². The fraction of sp³-hybridized carbons (Fsp3) is 0.125. The number of para-hydroxylation sites is 1. The Bertz CT molecular complexity index is 762. The van der Waals surface area contributed by atoms with Crippen LogP contribution in [0.2, 0.25) is 0 Å². The summed E-state index contributed by atoms with van der Waals surface area (Å²) in [6.45, 7) is 0. The van der Waals surface area contributed by atoms with Gasteiger partial charge in [0.25, 0.3) is 5.91 Å². The molecule has 4 nitrogen and oxygen atoms in total. The fourth-order valence-electron chi connectivity index (χ4n) is 2.21. The van der Waals surface area contributed by atoms with E-state index in [0.29, 0.717) is 17.7 Å². The minimum Gasteiger partial charge on any atom is -0.507 e. The molecular weight excluding hydrogens is 303 g/mol. The predicted octanol–water partition coefficient (Wildman–Crippen LogP) is 3.16. The third kappa shape index (κ3) is 2.96. The van der Waals surface area contributed by atoms with Gasteiger partial charge in [0.15, 0.2) is 0 Å². The SMILES string of the molecule is O=C(NN=C1CCSc2ccc(F)cc21)c1ccccc1O. The summed E-state index contributed by atoms with van der Waals surface area (Å²) in [7, 11) is 0. The van der Waals surface area contributed by atoms with Gasteiger partial charge in [-0.25, -0.2) is 9.82 Å². The smallest absolute Gasteiger partial charge is 0.275 e. The molecule has 2 aromatic carbocycles. The second-order valence-corrected chi connectivity index (χ2v) is 5.89. The van der Waals surface area contributed by atoms with Crippen molar-refractivity contribution < 1.29 is 14.3 Å². The van der Waals surface area contributed by atoms with E-state index in [0.717, 1.165) is 10.6 Å². The summed E-state index contributed by atoms with van der Waals surface area (Å²) >= 11 is 1.63. The van der Waals surface area contributed by atoms with Gasteiger partial charge in [-0.2, -0.15) is 5.10 Å². The monoisotopic (exact) mass is 316 g/mol. The van der Waals surface area contributed by atoms with Crippen molar-refractivity contribution in [2.45, 2.75) is 11.3 Å². The highest BCUT2D eigenvalue weighted by molar-refractivity contribution is 7.99. The Morgan fingerprint density at radius 3 is 2.91 bits per heavy atom. The molecule has 3 rings (SSSR count). The summed E-state index contributed by atoms with van der Waals surface area (Å²) in [6, 6.07) is 10.8. The van der Waals surface area contributed by atoms with E-state index >= 15 is 0 Å². The average Bonchev–Trinajstić information content (AvgIpc) is 2.53. The number of benzene rings is 2. The second kappa shape index (κ2) is 6.19. The zero-order chi connectivity index (χ0) is 15.5. The molecule has 0 unspecified atom stereocenters. The van der Waals surface area contributed by atoms with Crippen molar-refractivity contribution in [1.82, 2.24) is 5.43 Å². The maximum Gasteiger partial charge on any atom is 0.275 e. The number of phenols is 1. The van der Waals surface area contributed by atoms with Gasteiger partial charge in [-0.05, 0) is 30.3 Å². The Kier molecular flexibility index (Phi) is 4.11. The molecule has 0 atom stereocenters. The molecule has 0 radical (unpaired) electrons. The molecule has 1 amide bonds. The number of nitrogens with one attached hydrogen (secondary N) is 1. The van der Waals surface area contributed by atoms with E-state index in [1.54, 1.807) is 30.0 Å². The molecule has 1 aliphatic heterocycles. The Morgan fingerprint density at radius 2 is 2.09 bits per heavy atom. The molecule has 0 fully saturated rings. The van der Waals surface area contributed by atoms with Gasteiger partial charge < -0.3 is 5.11 Å². The number of amides is 1. The van der Waals surface area contributed by atoms with Gasteiger partial charge in [0.05, 0.1) is 11.3 Å². The third-order valence-electron chi connectivity index (χ3n) is 3.29. The lowest BCUT2D eigenvalue weighted by molar-refractivity contribution is 0.0952. The van der Waals surface area contributed by atoms with E-state index in [9.17, 15) is 14.3 Å². The summed E-state index contributed by atoms with van der Waals surface area (Å²) in [5.41, 5.74) is 3.92. The molecule has 6 heteroatoms. The molecule has 0 saturated carbocycles. The van der Waals surface area contributed by atoms with Crippen LogP contribution < -0.4 is 5.43 Å². The summed E-state index contributed by atoms with van der Waals surface area (Å²) in [6.07, 6.45) is 0.641. The van der Waals surface area contributed by atoms with Crippen molar-refractivity contribution in [3.05, 3.63) is 59.4 Å². The number of phenolic OH excluding ortho intramolecular Hbond substituents is 1. The topological polar surface area (TPSA) is 61.7 Å². The Hall–Kier alpha value is -2.34. The van der Waals surface area contributed by atoms with Gasteiger partial charge in [0.1, 0.15) is 11.6 Å². The summed E-state index contributed by atoms with van der Waals surface area (Å²) in [5, 5.41) is 13.8. The van der Waals surface area contributed by atoms with E-state index in [-0.39, 0.29) is 17.1 Å². The van der Waals surface area contributed by atoms with Crippen molar-refractivity contribution in [3.8, 4) is 5.75 Å². The maximum absolute atomic E-state index is 13.4. The van der Waals surface area contributed by atoms with Crippen molar-refractivity contribution in [1.29, 1.82) is 0 Å². The predicted molar refractivity (Wildman–Crippen MR) is 83.9 cm³/mol. The fourth-order valence-corrected chi connectivity index (χ4v) is 3.22. The Balaban J connectivity index is 1.84. The molecule has 1 aliphatic rings. The zero-order valence-electron chi connectivity index (χ0n) is 11.5. The normalized spacial score (nSPS) is 15.4. The van der Waals surface area contributed by atoms with E-state index in [1.165, 1.54) is 24.3 Å². The molecule has 1 heterocycles. The number of thioether (sulfide) groups is 1. The number of carbonyl (C=O) groups is 1. The Labute approximate surface area is 131 Å². The van der Waals surface area contributed by atoms with Gasteiger partial charge in [0.2, 0.25) is 0 Å². The highest BCUT2D eigenvalue weighted by Crippen LogP contribution is 2.30. The summed E-state index contributed by atoms with van der Waals surface area (Å²) < 4.78 is 13.4. The van der Waals surface area contributed by atoms with Crippen LogP contribution in [-0.2, 0) is 0 Å². The van der Waals surface area contributed by atoms with Crippen LogP contribution in [0.4, 0.5) is 4.39 Å². The molecule has 0 aromatic heterocycles. The number of nitrogens with zero attached hydrogens (tertiary/aromatic N) is 1. The number of rotatable bonds is 2. The molecule has 22 heavy (non-hydrogen) atoms. The van der Waals surface area contributed by atoms with E-state index in [2.05, 4.69) is 10.5 Å². The van der Waals surface area contributed by atoms with Crippen LogP contribution in [0.3, 0.4) is 0 Å². The van der Waals surface area contributed by atoms with E-state index in [1.807, 2.05) is 0 Å². The number of carbonyl (C=O) groups excluding carboxylic acids is 1.